The highest BCUT2D eigenvalue weighted by molar-refractivity contribution is 6.33. The summed E-state index contributed by atoms with van der Waals surface area (Å²) < 4.78 is 10.7. The van der Waals surface area contributed by atoms with E-state index in [0.717, 1.165) is 5.56 Å². The molecule has 0 aliphatic rings. The van der Waals surface area contributed by atoms with Crippen LogP contribution >= 0.6 is 11.6 Å². The predicted molar refractivity (Wildman–Crippen MR) is 91.6 cm³/mol. The van der Waals surface area contributed by atoms with Gasteiger partial charge in [0, 0.05) is 6.20 Å². The fourth-order valence-corrected chi connectivity index (χ4v) is 2.34. The van der Waals surface area contributed by atoms with Gasteiger partial charge >= 0.3 is 0 Å². The number of methoxy groups -OCH3 is 1. The first-order valence-corrected chi connectivity index (χ1v) is 7.70. The summed E-state index contributed by atoms with van der Waals surface area (Å²) in [7, 11) is 1.56. The molecule has 0 fully saturated rings. The van der Waals surface area contributed by atoms with E-state index in [1.54, 1.807) is 19.2 Å². The second-order valence-corrected chi connectivity index (χ2v) is 5.42. The first-order chi connectivity index (χ1) is 11.6. The van der Waals surface area contributed by atoms with Crippen molar-refractivity contribution in [2.75, 3.05) is 25.6 Å². The topological polar surface area (TPSA) is 87.4 Å². The fourth-order valence-electron chi connectivity index (χ4n) is 2.12. The minimum absolute atomic E-state index is 0.0638. The average Bonchev–Trinajstić information content (AvgIpc) is 2.61. The van der Waals surface area contributed by atoms with Crippen LogP contribution in [0.2, 0.25) is 5.02 Å². The molecule has 2 rings (SSSR count). The predicted octanol–water partition coefficient (Wildman–Crippen LogP) is 3.16. The van der Waals surface area contributed by atoms with Crippen molar-refractivity contribution < 1.29 is 14.6 Å². The molecule has 2 aromatic rings. The third-order valence-electron chi connectivity index (χ3n) is 3.36. The number of hydrogen-bond donors (Lipinski definition) is 2. The van der Waals surface area contributed by atoms with Crippen molar-refractivity contribution in [2.45, 2.75) is 13.0 Å². The van der Waals surface area contributed by atoms with Gasteiger partial charge in [-0.25, -0.2) is 4.98 Å². The summed E-state index contributed by atoms with van der Waals surface area (Å²) in [6.07, 6.45) is 1.47. The second kappa shape index (κ2) is 8.39. The number of benzene rings is 1. The lowest BCUT2D eigenvalue weighted by Gasteiger charge is -2.18. The number of rotatable bonds is 7. The van der Waals surface area contributed by atoms with Gasteiger partial charge in [-0.15, -0.1) is 0 Å². The molecule has 0 amide bonds. The van der Waals surface area contributed by atoms with Crippen LogP contribution in [-0.4, -0.2) is 30.4 Å². The van der Waals surface area contributed by atoms with Crippen LogP contribution in [0.1, 0.15) is 24.1 Å². The van der Waals surface area contributed by atoms with Gasteiger partial charge in [-0.3, -0.25) is 0 Å². The van der Waals surface area contributed by atoms with Gasteiger partial charge in [-0.1, -0.05) is 17.7 Å². The summed E-state index contributed by atoms with van der Waals surface area (Å²) in [5.74, 6) is 1.65. The summed E-state index contributed by atoms with van der Waals surface area (Å²) in [5.41, 5.74) is 1.36. The molecule has 1 aromatic heterocycles. The monoisotopic (exact) mass is 347 g/mol. The molecule has 1 atom stereocenters. The first kappa shape index (κ1) is 17.9. The third kappa shape index (κ3) is 4.28. The Kier molecular flexibility index (Phi) is 6.24. The summed E-state index contributed by atoms with van der Waals surface area (Å²) in [6.45, 7) is 2.10. The number of ether oxygens (including phenoxy) is 2. The van der Waals surface area contributed by atoms with E-state index in [1.165, 1.54) is 6.20 Å². The van der Waals surface area contributed by atoms with Crippen molar-refractivity contribution in [3.8, 4) is 17.6 Å². The highest BCUT2D eigenvalue weighted by atomic mass is 35.5. The molecule has 0 bridgehead atoms. The summed E-state index contributed by atoms with van der Waals surface area (Å²) in [4.78, 5) is 4.17. The minimum atomic E-state index is -0.0938. The second-order valence-electron chi connectivity index (χ2n) is 5.01. The maximum atomic E-state index is 8.85. The number of halogens is 1. The van der Waals surface area contributed by atoms with E-state index in [-0.39, 0.29) is 19.3 Å². The minimum Gasteiger partial charge on any atom is -0.493 e. The molecule has 1 heterocycles. The number of aliphatic hydroxyl groups excluding tert-OH is 1. The van der Waals surface area contributed by atoms with Crippen molar-refractivity contribution in [1.82, 2.24) is 4.98 Å². The van der Waals surface area contributed by atoms with Gasteiger partial charge in [0.2, 0.25) is 0 Å². The lowest BCUT2D eigenvalue weighted by Crippen LogP contribution is -2.09. The Morgan fingerprint density at radius 2 is 2.17 bits per heavy atom. The Balaban J connectivity index is 2.17. The van der Waals surface area contributed by atoms with Crippen molar-refractivity contribution in [2.24, 2.45) is 0 Å². The molecule has 6 nitrogen and oxygen atoms in total. The Morgan fingerprint density at radius 3 is 2.79 bits per heavy atom. The van der Waals surface area contributed by atoms with E-state index in [1.807, 2.05) is 25.1 Å². The van der Waals surface area contributed by atoms with E-state index in [0.29, 0.717) is 27.9 Å². The molecule has 0 spiro atoms. The zero-order chi connectivity index (χ0) is 17.5. The Hall–Kier alpha value is -2.49. The van der Waals surface area contributed by atoms with Gasteiger partial charge in [0.15, 0.2) is 11.5 Å². The SMILES string of the molecule is COc1cc([C@@H](C)Nc2ncc(C#N)cc2Cl)ccc1OCCO. The average molecular weight is 348 g/mol. The zero-order valence-electron chi connectivity index (χ0n) is 13.4. The van der Waals surface area contributed by atoms with Crippen molar-refractivity contribution >= 4 is 17.4 Å². The van der Waals surface area contributed by atoms with E-state index in [9.17, 15) is 0 Å². The number of nitrogens with zero attached hydrogens (tertiary/aromatic N) is 2. The molecule has 126 valence electrons. The molecule has 0 aliphatic carbocycles. The largest absolute Gasteiger partial charge is 0.493 e. The number of pyridine rings is 1. The molecule has 7 heteroatoms. The van der Waals surface area contributed by atoms with E-state index < -0.39 is 0 Å². The lowest BCUT2D eigenvalue weighted by atomic mass is 10.1. The van der Waals surface area contributed by atoms with Gasteiger partial charge in [-0.2, -0.15) is 5.26 Å². The summed E-state index contributed by atoms with van der Waals surface area (Å²) in [6, 6.07) is 9.00. The standard InChI is InChI=1S/C17H18ClN3O3/c1-11(21-17-14(18)7-12(9-19)10-20-17)13-3-4-15(24-6-5-22)16(8-13)23-2/h3-4,7-8,10-11,22H,5-6H2,1-2H3,(H,20,21)/t11-/m1/s1. The van der Waals surface area contributed by atoms with Gasteiger partial charge in [0.1, 0.15) is 18.5 Å². The maximum absolute atomic E-state index is 8.85. The van der Waals surface area contributed by atoms with Crippen molar-refractivity contribution in [1.29, 1.82) is 5.26 Å². The zero-order valence-corrected chi connectivity index (χ0v) is 14.2. The quantitative estimate of drug-likeness (QED) is 0.800. The lowest BCUT2D eigenvalue weighted by molar-refractivity contribution is 0.196. The molecule has 0 saturated carbocycles. The van der Waals surface area contributed by atoms with Gasteiger partial charge in [-0.05, 0) is 30.7 Å². The number of nitrogens with one attached hydrogen (secondary N) is 1. The molecule has 0 saturated heterocycles. The Morgan fingerprint density at radius 1 is 1.38 bits per heavy atom. The Bertz CT molecular complexity index is 746. The van der Waals surface area contributed by atoms with Crippen LogP contribution < -0.4 is 14.8 Å². The Labute approximate surface area is 145 Å². The van der Waals surface area contributed by atoms with Crippen molar-refractivity contribution in [3.05, 3.63) is 46.6 Å². The highest BCUT2D eigenvalue weighted by Crippen LogP contribution is 2.32. The molecule has 2 N–H and O–H groups in total. The number of aliphatic hydroxyl groups is 1. The highest BCUT2D eigenvalue weighted by Gasteiger charge is 2.13. The number of anilines is 1. The van der Waals surface area contributed by atoms with Crippen LogP contribution in [0.5, 0.6) is 11.5 Å². The normalized spacial score (nSPS) is 11.5. The molecule has 1 aromatic carbocycles. The smallest absolute Gasteiger partial charge is 0.161 e. The molecular formula is C17H18ClN3O3. The summed E-state index contributed by atoms with van der Waals surface area (Å²) >= 11 is 6.14. The molecule has 24 heavy (non-hydrogen) atoms. The number of nitriles is 1. The number of hydrogen-bond acceptors (Lipinski definition) is 6. The first-order valence-electron chi connectivity index (χ1n) is 7.32. The fraction of sp³-hybridized carbons (Fsp3) is 0.294. The van der Waals surface area contributed by atoms with Crippen LogP contribution in [0.3, 0.4) is 0 Å². The van der Waals surface area contributed by atoms with Crippen LogP contribution in [0.4, 0.5) is 5.82 Å². The van der Waals surface area contributed by atoms with Crippen molar-refractivity contribution in [3.63, 3.8) is 0 Å². The van der Waals surface area contributed by atoms with Crippen LogP contribution in [0, 0.1) is 11.3 Å². The molecule has 0 radical (unpaired) electrons. The van der Waals surface area contributed by atoms with Gasteiger partial charge in [0.25, 0.3) is 0 Å². The van der Waals surface area contributed by atoms with Crippen LogP contribution in [0.15, 0.2) is 30.5 Å². The van der Waals surface area contributed by atoms with Crippen LogP contribution in [-0.2, 0) is 0 Å². The summed E-state index contributed by atoms with van der Waals surface area (Å²) in [5, 5.41) is 21.3. The van der Waals surface area contributed by atoms with Gasteiger partial charge < -0.3 is 19.9 Å². The van der Waals surface area contributed by atoms with E-state index in [2.05, 4.69) is 10.3 Å². The van der Waals surface area contributed by atoms with E-state index in [4.69, 9.17) is 31.4 Å². The maximum Gasteiger partial charge on any atom is 0.161 e. The molecular weight excluding hydrogens is 330 g/mol. The van der Waals surface area contributed by atoms with Gasteiger partial charge in [0.05, 0.1) is 30.3 Å². The molecule has 0 unspecified atom stereocenters. The van der Waals surface area contributed by atoms with E-state index >= 15 is 0 Å². The molecule has 0 aliphatic heterocycles. The number of aromatic nitrogens is 1. The third-order valence-corrected chi connectivity index (χ3v) is 3.65. The van der Waals surface area contributed by atoms with Crippen LogP contribution in [0.25, 0.3) is 0 Å².